The summed E-state index contributed by atoms with van der Waals surface area (Å²) >= 11 is 0. The summed E-state index contributed by atoms with van der Waals surface area (Å²) in [5.74, 6) is -1.11. The quantitative estimate of drug-likeness (QED) is 0.410. The number of aromatic nitrogens is 4. The Balaban J connectivity index is 1.43. The molecule has 1 saturated heterocycles. The average Bonchev–Trinajstić information content (AvgIpc) is 3.58. The molecule has 3 aromatic rings. The van der Waals surface area contributed by atoms with E-state index in [9.17, 15) is 13.2 Å². The van der Waals surface area contributed by atoms with Gasteiger partial charge >= 0.3 is 0 Å². The summed E-state index contributed by atoms with van der Waals surface area (Å²) in [6.45, 7) is 4.04. The van der Waals surface area contributed by atoms with E-state index in [0.717, 1.165) is 38.5 Å². The molecule has 0 bridgehead atoms. The molecule has 10 nitrogen and oxygen atoms in total. The summed E-state index contributed by atoms with van der Waals surface area (Å²) in [5.41, 5.74) is 0.492. The fourth-order valence-corrected chi connectivity index (χ4v) is 6.94. The van der Waals surface area contributed by atoms with E-state index in [1.165, 1.54) is 23.0 Å². The van der Waals surface area contributed by atoms with E-state index < -0.39 is 27.7 Å². The van der Waals surface area contributed by atoms with Crippen molar-refractivity contribution >= 4 is 27.0 Å². The number of aromatic amines is 1. The third-order valence-corrected chi connectivity index (χ3v) is 9.70. The first-order chi connectivity index (χ1) is 19.7. The van der Waals surface area contributed by atoms with E-state index in [4.69, 9.17) is 0 Å². The number of carbonyl (C=O) groups excluding carboxylic acids is 1. The summed E-state index contributed by atoms with van der Waals surface area (Å²) in [4.78, 5) is 22.8. The highest BCUT2D eigenvalue weighted by atomic mass is 32.2. The van der Waals surface area contributed by atoms with Crippen LogP contribution in [0.1, 0.15) is 79.8 Å². The molecule has 0 radical (unpaired) electrons. The molecule has 2 aliphatic rings. The maximum Gasteiger partial charge on any atom is 0.270 e. The molecule has 2 fully saturated rings. The molecule has 13 heteroatoms. The lowest BCUT2D eigenvalue weighted by Crippen LogP contribution is -2.47. The molecular formula is C28H39F2N7O3S. The van der Waals surface area contributed by atoms with Crippen LogP contribution in [0.4, 0.5) is 8.78 Å². The van der Waals surface area contributed by atoms with Gasteiger partial charge < -0.3 is 10.3 Å². The maximum atomic E-state index is 15.8. The van der Waals surface area contributed by atoms with Crippen LogP contribution in [0.3, 0.4) is 0 Å². The first-order valence-electron chi connectivity index (χ1n) is 14.5. The van der Waals surface area contributed by atoms with Crippen molar-refractivity contribution in [3.8, 4) is 0 Å². The number of aryl methyl sites for hydroxylation is 1. The summed E-state index contributed by atoms with van der Waals surface area (Å²) in [6, 6.07) is 2.29. The highest BCUT2D eigenvalue weighted by Crippen LogP contribution is 2.34. The molecule has 1 amide bonds. The van der Waals surface area contributed by atoms with E-state index in [1.807, 2.05) is 11.8 Å². The number of piperazine rings is 1. The third kappa shape index (κ3) is 6.62. The summed E-state index contributed by atoms with van der Waals surface area (Å²) < 4.78 is 57.8. The molecule has 1 aromatic carbocycles. The van der Waals surface area contributed by atoms with Gasteiger partial charge in [0.1, 0.15) is 22.6 Å². The molecule has 2 aromatic heterocycles. The minimum atomic E-state index is -3.29. The summed E-state index contributed by atoms with van der Waals surface area (Å²) in [7, 11) is -3.29. The normalized spacial score (nSPS) is 19.2. The Bertz CT molecular complexity index is 1470. The Labute approximate surface area is 239 Å². The zero-order valence-electron chi connectivity index (χ0n) is 23.7. The highest BCUT2D eigenvalue weighted by Gasteiger charge is 2.31. The summed E-state index contributed by atoms with van der Waals surface area (Å²) in [5, 5.41) is 7.33. The standard InChI is InChI=1S/C28H39F2N7O3S/c1-3-37-22(11-12-31-37)28(38)34-24(19-9-7-5-4-6-8-10-19)27-32-25-21(29)17-20(23(30)26(25)33-27)18-35-13-15-36(16-14-35)41(2,39)40/h11-12,17,19,24H,3-10,13-16,18H2,1-2H3,(H,32,33)(H,34,38)/t24-/m0/s1. The van der Waals surface area contributed by atoms with Gasteiger partial charge in [0, 0.05) is 51.0 Å². The lowest BCUT2D eigenvalue weighted by atomic mass is 9.85. The van der Waals surface area contributed by atoms with Crippen molar-refractivity contribution < 1.29 is 22.0 Å². The molecule has 2 N–H and O–H groups in total. The fraction of sp³-hybridized carbons (Fsp3) is 0.607. The number of nitrogens with zero attached hydrogens (tertiary/aromatic N) is 5. The number of halogens is 2. The van der Waals surface area contributed by atoms with Crippen LogP contribution in [0.15, 0.2) is 18.3 Å². The third-order valence-electron chi connectivity index (χ3n) is 8.40. The fourth-order valence-electron chi connectivity index (χ4n) is 6.11. The molecule has 1 atom stereocenters. The predicted molar refractivity (Wildman–Crippen MR) is 152 cm³/mol. The SMILES string of the molecule is CCn1nccc1C(=O)N[C@H](c1nc2c(F)cc(CN3CCN(S(C)(=O)=O)CC3)c(F)c2[nH]1)C1CCCCCCC1. The summed E-state index contributed by atoms with van der Waals surface area (Å²) in [6.07, 6.45) is 9.97. The number of carbonyl (C=O) groups is 1. The van der Waals surface area contributed by atoms with E-state index in [1.54, 1.807) is 16.9 Å². The second-order valence-corrected chi connectivity index (χ2v) is 13.2. The van der Waals surface area contributed by atoms with Gasteiger partial charge in [0.25, 0.3) is 5.91 Å². The van der Waals surface area contributed by atoms with Crippen LogP contribution in [-0.2, 0) is 23.1 Å². The van der Waals surface area contributed by atoms with E-state index in [2.05, 4.69) is 20.4 Å². The van der Waals surface area contributed by atoms with Crippen molar-refractivity contribution in [3.05, 3.63) is 47.0 Å². The van der Waals surface area contributed by atoms with Crippen LogP contribution in [0, 0.1) is 17.6 Å². The Kier molecular flexibility index (Phi) is 9.05. The molecule has 224 valence electrons. The van der Waals surface area contributed by atoms with Crippen molar-refractivity contribution in [2.45, 2.75) is 71.0 Å². The maximum absolute atomic E-state index is 15.8. The van der Waals surface area contributed by atoms with Crippen molar-refractivity contribution in [1.29, 1.82) is 0 Å². The second kappa shape index (κ2) is 12.5. The largest absolute Gasteiger partial charge is 0.340 e. The van der Waals surface area contributed by atoms with Gasteiger partial charge in [-0.2, -0.15) is 9.40 Å². The molecule has 0 unspecified atom stereocenters. The first kappa shape index (κ1) is 29.6. The van der Waals surface area contributed by atoms with Crippen molar-refractivity contribution in [2.75, 3.05) is 32.4 Å². The Hall–Kier alpha value is -2.90. The van der Waals surface area contributed by atoms with Gasteiger partial charge in [-0.1, -0.05) is 32.1 Å². The second-order valence-electron chi connectivity index (χ2n) is 11.2. The minimum Gasteiger partial charge on any atom is -0.340 e. The minimum absolute atomic E-state index is 0.0199. The van der Waals surface area contributed by atoms with Gasteiger partial charge in [0.05, 0.1) is 12.3 Å². The monoisotopic (exact) mass is 591 g/mol. The van der Waals surface area contributed by atoms with Gasteiger partial charge in [0.15, 0.2) is 11.6 Å². The van der Waals surface area contributed by atoms with Crippen LogP contribution in [0.5, 0.6) is 0 Å². The van der Waals surface area contributed by atoms with Gasteiger partial charge in [-0.05, 0) is 37.8 Å². The number of nitrogens with one attached hydrogen (secondary N) is 2. The van der Waals surface area contributed by atoms with E-state index in [0.29, 0.717) is 44.2 Å². The lowest BCUT2D eigenvalue weighted by molar-refractivity contribution is 0.0901. The molecule has 5 rings (SSSR count). The van der Waals surface area contributed by atoms with Gasteiger partial charge in [-0.25, -0.2) is 22.2 Å². The molecule has 0 spiro atoms. The van der Waals surface area contributed by atoms with E-state index >= 15 is 8.78 Å². The van der Waals surface area contributed by atoms with Crippen LogP contribution < -0.4 is 5.32 Å². The molecule has 1 saturated carbocycles. The van der Waals surface area contributed by atoms with Gasteiger partial charge in [-0.3, -0.25) is 14.4 Å². The average molecular weight is 592 g/mol. The molecule has 1 aliphatic carbocycles. The van der Waals surface area contributed by atoms with Gasteiger partial charge in [-0.15, -0.1) is 0 Å². The number of hydrogen-bond donors (Lipinski definition) is 2. The first-order valence-corrected chi connectivity index (χ1v) is 16.4. The number of benzene rings is 1. The van der Waals surface area contributed by atoms with Crippen LogP contribution in [0.2, 0.25) is 0 Å². The van der Waals surface area contributed by atoms with E-state index in [-0.39, 0.29) is 35.0 Å². The van der Waals surface area contributed by atoms with Crippen molar-refractivity contribution in [3.63, 3.8) is 0 Å². The number of imidazole rings is 1. The molecule has 3 heterocycles. The highest BCUT2D eigenvalue weighted by molar-refractivity contribution is 7.88. The predicted octanol–water partition coefficient (Wildman–Crippen LogP) is 3.97. The lowest BCUT2D eigenvalue weighted by Gasteiger charge is -2.33. The Morgan fingerprint density at radius 3 is 2.46 bits per heavy atom. The molecule has 41 heavy (non-hydrogen) atoms. The number of H-pyrrole nitrogens is 1. The topological polar surface area (TPSA) is 116 Å². The van der Waals surface area contributed by atoms with Crippen molar-refractivity contribution in [2.24, 2.45) is 5.92 Å². The molecular weight excluding hydrogens is 552 g/mol. The van der Waals surface area contributed by atoms with Crippen LogP contribution >= 0.6 is 0 Å². The zero-order chi connectivity index (χ0) is 29.1. The van der Waals surface area contributed by atoms with Gasteiger partial charge in [0.2, 0.25) is 10.0 Å². The van der Waals surface area contributed by atoms with Crippen LogP contribution in [-0.4, -0.2) is 75.7 Å². The number of sulfonamides is 1. The van der Waals surface area contributed by atoms with Crippen LogP contribution in [0.25, 0.3) is 11.0 Å². The smallest absolute Gasteiger partial charge is 0.270 e. The molecule has 1 aliphatic heterocycles. The number of fused-ring (bicyclic) bond motifs is 1. The Morgan fingerprint density at radius 2 is 1.80 bits per heavy atom. The number of amides is 1. The van der Waals surface area contributed by atoms with Crippen molar-refractivity contribution in [1.82, 2.24) is 34.3 Å². The Morgan fingerprint density at radius 1 is 1.12 bits per heavy atom. The number of rotatable bonds is 8. The number of hydrogen-bond acceptors (Lipinski definition) is 6. The zero-order valence-corrected chi connectivity index (χ0v) is 24.5.